The number of aromatic nitrogens is 10. The van der Waals surface area contributed by atoms with Crippen molar-refractivity contribution in [3.8, 4) is 11.4 Å². The zero-order valence-corrected chi connectivity index (χ0v) is 37.6. The molecule has 6 aromatic heterocycles. The highest BCUT2D eigenvalue weighted by Gasteiger charge is 2.25. The average Bonchev–Trinajstić information content (AvgIpc) is 4.05. The first-order chi connectivity index (χ1) is 33.3. The summed E-state index contributed by atoms with van der Waals surface area (Å²) in [5.74, 6) is 0.0842. The van der Waals surface area contributed by atoms with Gasteiger partial charge in [-0.25, -0.2) is 38.7 Å². The number of nitrogens with zero attached hydrogens (tertiary/aromatic N) is 9. The lowest BCUT2D eigenvalue weighted by Crippen LogP contribution is -2.27. The minimum Gasteiger partial charge on any atom is -0.360 e. The number of anilines is 2. The number of fused-ring (bicyclic) bond motifs is 4. The summed E-state index contributed by atoms with van der Waals surface area (Å²) in [6.45, 7) is 4.76. The van der Waals surface area contributed by atoms with Gasteiger partial charge < -0.3 is 20.4 Å². The maximum atomic E-state index is 14.8. The van der Waals surface area contributed by atoms with Crippen LogP contribution < -0.4 is 21.8 Å². The Morgan fingerprint density at radius 3 is 1.80 bits per heavy atom. The Bertz CT molecular complexity index is 3540. The SMILES string of the molecule is C.CC[C@H](Nc1ncnc2c1ncn2C1CCCCO1)c1cc2cccc(F)c2c(=O)n1-c1ccccc1.CC[C@H](Nc1ncnc2nc[nH]c12)c1cc2cccc(F)c2c(=O)n1-c1ccccc1.F. The number of hydrogen-bond acceptors (Lipinski definition) is 11. The second-order valence-electron chi connectivity index (χ2n) is 16.4. The molecule has 18 heteroatoms. The number of benzene rings is 4. The highest BCUT2D eigenvalue weighted by Crippen LogP contribution is 2.32. The first-order valence-corrected chi connectivity index (χ1v) is 22.6. The average molecular weight is 949 g/mol. The van der Waals surface area contributed by atoms with Crippen LogP contribution in [0.25, 0.3) is 55.2 Å². The number of H-pyrrole nitrogens is 1. The van der Waals surface area contributed by atoms with E-state index < -0.39 is 22.8 Å². The Kier molecular flexibility index (Phi) is 14.4. The predicted octanol–water partition coefficient (Wildman–Crippen LogP) is 10.7. The third-order valence-corrected chi connectivity index (χ3v) is 12.3. The normalized spacial score (nSPS) is 14.3. The van der Waals surface area contributed by atoms with Crippen LogP contribution >= 0.6 is 0 Å². The van der Waals surface area contributed by atoms with Crippen LogP contribution in [0.3, 0.4) is 0 Å². The number of para-hydroxylation sites is 2. The van der Waals surface area contributed by atoms with E-state index in [4.69, 9.17) is 4.74 Å². The van der Waals surface area contributed by atoms with Gasteiger partial charge in [-0.3, -0.25) is 28.0 Å². The van der Waals surface area contributed by atoms with Crippen molar-refractivity contribution in [1.82, 2.24) is 48.6 Å². The summed E-state index contributed by atoms with van der Waals surface area (Å²) in [5, 5.41) is 8.17. The molecular formula is C52H51F3N12O3. The number of halogens is 3. The molecule has 7 heterocycles. The second kappa shape index (κ2) is 20.9. The second-order valence-corrected chi connectivity index (χ2v) is 16.4. The lowest BCUT2D eigenvalue weighted by molar-refractivity contribution is -0.0298. The highest BCUT2D eigenvalue weighted by atomic mass is 19.1. The number of imidazole rings is 2. The van der Waals surface area contributed by atoms with Crippen molar-refractivity contribution >= 4 is 55.5 Å². The van der Waals surface area contributed by atoms with Gasteiger partial charge in [-0.1, -0.05) is 81.9 Å². The first kappa shape index (κ1) is 48.2. The van der Waals surface area contributed by atoms with Crippen molar-refractivity contribution in [1.29, 1.82) is 0 Å². The van der Waals surface area contributed by atoms with Gasteiger partial charge in [0.05, 0.1) is 35.5 Å². The number of nitrogens with one attached hydrogen (secondary N) is 3. The van der Waals surface area contributed by atoms with E-state index in [1.807, 2.05) is 91.2 Å². The van der Waals surface area contributed by atoms with E-state index in [0.29, 0.717) is 80.3 Å². The maximum Gasteiger partial charge on any atom is 0.266 e. The van der Waals surface area contributed by atoms with Gasteiger partial charge in [0.25, 0.3) is 11.1 Å². The molecule has 1 aliphatic heterocycles. The lowest BCUT2D eigenvalue weighted by Gasteiger charge is -2.24. The van der Waals surface area contributed by atoms with Crippen LogP contribution in [0.15, 0.2) is 144 Å². The largest absolute Gasteiger partial charge is 0.360 e. The Hall–Kier alpha value is -8.25. The zero-order valence-electron chi connectivity index (χ0n) is 37.6. The summed E-state index contributed by atoms with van der Waals surface area (Å²) in [7, 11) is 0. The molecule has 358 valence electrons. The van der Waals surface area contributed by atoms with Gasteiger partial charge in [0.2, 0.25) is 0 Å². The van der Waals surface area contributed by atoms with E-state index in [0.717, 1.165) is 25.9 Å². The minimum absolute atomic E-state index is 0. The van der Waals surface area contributed by atoms with E-state index in [-0.39, 0.29) is 41.2 Å². The van der Waals surface area contributed by atoms with Crippen molar-refractivity contribution < 1.29 is 18.2 Å². The standard InChI is InChI=1S/C28H27FN6O2.C23H19FN6O.CH4.FH/c1-2-21(33-26-25-27(31-16-30-26)34(17-32-25)23-13-6-7-14-37-23)22-15-18-9-8-12-20(29)24(18)28(36)35(22)19-10-4-3-5-11-19;1-2-17(29-22-20-21(26-12-25-20)27-13-28-22)18-11-14-7-6-10-16(24)19(14)23(31)30(18)15-8-4-3-5-9-15;;/h3-5,8-12,15-17,21,23H,2,6-7,13-14H2,1H3,(H,30,31,33);3-13,17H,2H2,1H3,(H2,25,26,27,28,29);1H4;1H/t21-,23?;17-;;/m00../s1. The molecule has 10 aromatic rings. The lowest BCUT2D eigenvalue weighted by atomic mass is 10.0. The zero-order chi connectivity index (χ0) is 46.7. The monoisotopic (exact) mass is 948 g/mol. The van der Waals surface area contributed by atoms with Gasteiger partial charge >= 0.3 is 0 Å². The molecule has 70 heavy (non-hydrogen) atoms. The summed E-state index contributed by atoms with van der Waals surface area (Å²) in [5.41, 5.74) is 4.52. The Balaban J connectivity index is 0.000000186. The fourth-order valence-electron chi connectivity index (χ4n) is 8.97. The maximum absolute atomic E-state index is 14.8. The van der Waals surface area contributed by atoms with Gasteiger partial charge in [-0.05, 0) is 91.4 Å². The van der Waals surface area contributed by atoms with E-state index in [9.17, 15) is 18.4 Å². The van der Waals surface area contributed by atoms with Crippen molar-refractivity contribution in [2.24, 2.45) is 0 Å². The fourth-order valence-corrected chi connectivity index (χ4v) is 8.97. The smallest absolute Gasteiger partial charge is 0.266 e. The molecule has 0 radical (unpaired) electrons. The molecule has 0 amide bonds. The molecule has 1 aliphatic rings. The number of rotatable bonds is 11. The van der Waals surface area contributed by atoms with Crippen LogP contribution in [0.1, 0.15) is 83.1 Å². The number of pyridine rings is 2. The molecule has 3 N–H and O–H groups in total. The highest BCUT2D eigenvalue weighted by molar-refractivity contribution is 5.86. The summed E-state index contributed by atoms with van der Waals surface area (Å²) < 4.78 is 40.4. The van der Waals surface area contributed by atoms with Gasteiger partial charge in [-0.2, -0.15) is 0 Å². The van der Waals surface area contributed by atoms with Crippen LogP contribution in [-0.4, -0.2) is 55.2 Å². The van der Waals surface area contributed by atoms with Crippen LogP contribution in [0, 0.1) is 11.6 Å². The van der Waals surface area contributed by atoms with Crippen LogP contribution in [0.2, 0.25) is 0 Å². The Morgan fingerprint density at radius 1 is 0.686 bits per heavy atom. The summed E-state index contributed by atoms with van der Waals surface area (Å²) in [4.78, 5) is 56.5. The molecule has 0 spiro atoms. The van der Waals surface area contributed by atoms with Crippen LogP contribution in [-0.2, 0) is 4.74 Å². The number of ether oxygens (including phenoxy) is 1. The van der Waals surface area contributed by atoms with Crippen molar-refractivity contribution in [2.45, 2.75) is 71.7 Å². The third-order valence-electron chi connectivity index (χ3n) is 12.3. The van der Waals surface area contributed by atoms with Crippen molar-refractivity contribution in [3.63, 3.8) is 0 Å². The third kappa shape index (κ3) is 9.07. The van der Waals surface area contributed by atoms with Crippen molar-refractivity contribution in [3.05, 3.63) is 178 Å². The van der Waals surface area contributed by atoms with Crippen molar-refractivity contribution in [2.75, 3.05) is 17.2 Å². The van der Waals surface area contributed by atoms with Crippen LogP contribution in [0.5, 0.6) is 0 Å². The van der Waals surface area contributed by atoms with Gasteiger partial charge in [-0.15, -0.1) is 0 Å². The molecule has 0 bridgehead atoms. The summed E-state index contributed by atoms with van der Waals surface area (Å²) in [6, 6.07) is 31.1. The molecule has 1 saturated heterocycles. The first-order valence-electron chi connectivity index (χ1n) is 22.6. The molecule has 3 atom stereocenters. The molecular weight excluding hydrogens is 898 g/mol. The number of hydrogen-bond donors (Lipinski definition) is 3. The van der Waals surface area contributed by atoms with Gasteiger partial charge in [0.1, 0.15) is 36.0 Å². The fraction of sp³-hybridized carbons (Fsp3) is 0.231. The summed E-state index contributed by atoms with van der Waals surface area (Å²) >= 11 is 0. The molecule has 0 saturated carbocycles. The Morgan fingerprint density at radius 2 is 1.24 bits per heavy atom. The van der Waals surface area contributed by atoms with E-state index in [2.05, 4.69) is 45.5 Å². The Labute approximate surface area is 399 Å². The van der Waals surface area contributed by atoms with Gasteiger partial charge in [0.15, 0.2) is 28.4 Å². The molecule has 11 rings (SSSR count). The number of aromatic amines is 1. The van der Waals surface area contributed by atoms with Gasteiger partial charge in [0, 0.05) is 29.4 Å². The molecule has 1 fully saturated rings. The topological polar surface area (TPSA) is 175 Å². The minimum atomic E-state index is -0.535. The summed E-state index contributed by atoms with van der Waals surface area (Å²) in [6.07, 6.45) is 10.5. The van der Waals surface area contributed by atoms with E-state index in [1.165, 1.54) is 24.8 Å². The van der Waals surface area contributed by atoms with E-state index in [1.54, 1.807) is 46.1 Å². The molecule has 4 aromatic carbocycles. The quantitative estimate of drug-likeness (QED) is 0.113. The molecule has 0 aliphatic carbocycles. The van der Waals surface area contributed by atoms with E-state index >= 15 is 0 Å². The molecule has 15 nitrogen and oxygen atoms in total. The molecule has 1 unspecified atom stereocenters. The predicted molar refractivity (Wildman–Crippen MR) is 267 cm³/mol. The van der Waals surface area contributed by atoms with Crippen LogP contribution in [0.4, 0.5) is 25.1 Å².